The Labute approximate surface area is 108 Å². The Morgan fingerprint density at radius 1 is 1.56 bits per heavy atom. The molecule has 0 unspecified atom stereocenters. The van der Waals surface area contributed by atoms with Crippen molar-refractivity contribution in [3.05, 3.63) is 18.2 Å². The van der Waals surface area contributed by atoms with Gasteiger partial charge in [0.25, 0.3) is 0 Å². The monoisotopic (exact) mass is 251 g/mol. The Morgan fingerprint density at radius 3 is 2.89 bits per heavy atom. The molecule has 5 heteroatoms. The molecule has 0 aliphatic heterocycles. The van der Waals surface area contributed by atoms with Crippen molar-refractivity contribution in [3.8, 4) is 0 Å². The maximum atomic E-state index is 11.5. The molecule has 100 valence electrons. The van der Waals surface area contributed by atoms with Crippen LogP contribution < -0.4 is 5.32 Å². The van der Waals surface area contributed by atoms with Crippen LogP contribution in [0.5, 0.6) is 0 Å². The predicted molar refractivity (Wildman–Crippen MR) is 68.0 cm³/mol. The number of ether oxygens (including phenoxy) is 1. The minimum Gasteiger partial charge on any atom is -0.459 e. The van der Waals surface area contributed by atoms with Gasteiger partial charge >= 0.3 is 5.97 Å². The second kappa shape index (κ2) is 5.10. The van der Waals surface area contributed by atoms with E-state index < -0.39 is 5.60 Å². The van der Waals surface area contributed by atoms with Crippen molar-refractivity contribution in [2.45, 2.75) is 51.8 Å². The van der Waals surface area contributed by atoms with E-state index in [0.29, 0.717) is 12.6 Å². The summed E-state index contributed by atoms with van der Waals surface area (Å²) in [5, 5.41) is 3.10. The van der Waals surface area contributed by atoms with Crippen LogP contribution in [0, 0.1) is 0 Å². The predicted octanol–water partition coefficient (Wildman–Crippen LogP) is 1.65. The first kappa shape index (κ1) is 13.1. The van der Waals surface area contributed by atoms with E-state index in [2.05, 4.69) is 14.9 Å². The maximum absolute atomic E-state index is 11.5. The minimum atomic E-state index is -0.422. The lowest BCUT2D eigenvalue weighted by molar-refractivity contribution is -0.153. The standard InChI is InChI=1S/C13H21N3O2/c1-13(2,3)18-12(17)8-14-6-11-7-15-9-16(11)10-4-5-10/h7,9-10,14H,4-6,8H2,1-3H3. The van der Waals surface area contributed by atoms with Crippen LogP contribution in [0.1, 0.15) is 45.3 Å². The summed E-state index contributed by atoms with van der Waals surface area (Å²) >= 11 is 0. The molecule has 1 saturated carbocycles. The third kappa shape index (κ3) is 3.84. The molecule has 1 aliphatic rings. The largest absolute Gasteiger partial charge is 0.459 e. The van der Waals surface area contributed by atoms with Gasteiger partial charge in [-0.1, -0.05) is 0 Å². The van der Waals surface area contributed by atoms with Crippen LogP contribution in [-0.2, 0) is 16.1 Å². The third-order valence-electron chi connectivity index (χ3n) is 2.68. The molecule has 1 N–H and O–H groups in total. The average molecular weight is 251 g/mol. The van der Waals surface area contributed by atoms with E-state index >= 15 is 0 Å². The van der Waals surface area contributed by atoms with Crippen molar-refractivity contribution in [2.24, 2.45) is 0 Å². The molecule has 0 aromatic carbocycles. The number of hydrogen-bond donors (Lipinski definition) is 1. The SMILES string of the molecule is CC(C)(C)OC(=O)CNCc1cncn1C1CC1. The number of nitrogens with zero attached hydrogens (tertiary/aromatic N) is 2. The van der Waals surface area contributed by atoms with Gasteiger partial charge in [0.2, 0.25) is 0 Å². The fourth-order valence-electron chi connectivity index (χ4n) is 1.82. The van der Waals surface area contributed by atoms with Gasteiger partial charge in [0, 0.05) is 18.8 Å². The van der Waals surface area contributed by atoms with Gasteiger partial charge in [-0.3, -0.25) is 4.79 Å². The molecule has 18 heavy (non-hydrogen) atoms. The summed E-state index contributed by atoms with van der Waals surface area (Å²) in [4.78, 5) is 15.7. The zero-order valence-electron chi connectivity index (χ0n) is 11.3. The number of carbonyl (C=O) groups excluding carboxylic acids is 1. The fourth-order valence-corrected chi connectivity index (χ4v) is 1.82. The Bertz CT molecular complexity index is 416. The molecule has 2 rings (SSSR count). The molecule has 0 radical (unpaired) electrons. The second-order valence-electron chi connectivity index (χ2n) is 5.71. The number of aromatic nitrogens is 2. The van der Waals surface area contributed by atoms with Crippen LogP contribution in [0.25, 0.3) is 0 Å². The Morgan fingerprint density at radius 2 is 2.28 bits per heavy atom. The number of rotatable bonds is 5. The average Bonchev–Trinajstić information content (AvgIpc) is 2.97. The van der Waals surface area contributed by atoms with E-state index in [1.165, 1.54) is 12.8 Å². The molecule has 1 aliphatic carbocycles. The van der Waals surface area contributed by atoms with Crippen LogP contribution in [-0.4, -0.2) is 27.7 Å². The van der Waals surface area contributed by atoms with Crippen LogP contribution in [0.3, 0.4) is 0 Å². The molecule has 1 heterocycles. The van der Waals surface area contributed by atoms with Crippen molar-refractivity contribution in [3.63, 3.8) is 0 Å². The van der Waals surface area contributed by atoms with Gasteiger partial charge in [-0.05, 0) is 33.6 Å². The Kier molecular flexibility index (Phi) is 3.71. The molecule has 0 bridgehead atoms. The quantitative estimate of drug-likeness (QED) is 0.808. The highest BCUT2D eigenvalue weighted by Crippen LogP contribution is 2.35. The molecule has 0 atom stereocenters. The first-order valence-electron chi connectivity index (χ1n) is 6.39. The van der Waals surface area contributed by atoms with E-state index in [4.69, 9.17) is 4.74 Å². The zero-order chi connectivity index (χ0) is 13.2. The molecule has 1 fully saturated rings. The summed E-state index contributed by atoms with van der Waals surface area (Å²) in [6, 6.07) is 0.617. The van der Waals surface area contributed by atoms with Crippen LogP contribution >= 0.6 is 0 Å². The number of carbonyl (C=O) groups is 1. The first-order chi connectivity index (χ1) is 8.46. The summed E-state index contributed by atoms with van der Waals surface area (Å²) in [7, 11) is 0. The van der Waals surface area contributed by atoms with E-state index in [0.717, 1.165) is 5.69 Å². The normalized spacial score (nSPS) is 15.7. The van der Waals surface area contributed by atoms with Crippen molar-refractivity contribution in [1.82, 2.24) is 14.9 Å². The molecule has 0 saturated heterocycles. The summed E-state index contributed by atoms with van der Waals surface area (Å²) in [6.07, 6.45) is 6.17. The highest BCUT2D eigenvalue weighted by Gasteiger charge is 2.25. The summed E-state index contributed by atoms with van der Waals surface area (Å²) in [5.41, 5.74) is 0.704. The summed E-state index contributed by atoms with van der Waals surface area (Å²) < 4.78 is 7.41. The van der Waals surface area contributed by atoms with Crippen LogP contribution in [0.4, 0.5) is 0 Å². The van der Waals surface area contributed by atoms with Crippen LogP contribution in [0.15, 0.2) is 12.5 Å². The van der Waals surface area contributed by atoms with Crippen molar-refractivity contribution in [1.29, 1.82) is 0 Å². The Balaban J connectivity index is 1.75. The van der Waals surface area contributed by atoms with Gasteiger partial charge in [0.05, 0.1) is 18.6 Å². The minimum absolute atomic E-state index is 0.222. The summed E-state index contributed by atoms with van der Waals surface area (Å²) in [5.74, 6) is -0.222. The summed E-state index contributed by atoms with van der Waals surface area (Å²) in [6.45, 7) is 6.48. The molecule has 5 nitrogen and oxygen atoms in total. The molecular weight excluding hydrogens is 230 g/mol. The van der Waals surface area contributed by atoms with Crippen LogP contribution in [0.2, 0.25) is 0 Å². The van der Waals surface area contributed by atoms with E-state index in [1.54, 1.807) is 0 Å². The molecule has 1 aromatic heterocycles. The first-order valence-corrected chi connectivity index (χ1v) is 6.39. The topological polar surface area (TPSA) is 56.1 Å². The highest BCUT2D eigenvalue weighted by molar-refractivity contribution is 5.72. The van der Waals surface area contributed by atoms with Gasteiger partial charge in [-0.2, -0.15) is 0 Å². The van der Waals surface area contributed by atoms with Crippen molar-refractivity contribution < 1.29 is 9.53 Å². The molecule has 0 spiro atoms. The molecule has 1 aromatic rings. The lowest BCUT2D eigenvalue weighted by atomic mass is 10.2. The Hall–Kier alpha value is -1.36. The number of imidazole rings is 1. The fraction of sp³-hybridized carbons (Fsp3) is 0.692. The lowest BCUT2D eigenvalue weighted by Crippen LogP contribution is -2.31. The van der Waals surface area contributed by atoms with Gasteiger partial charge in [-0.15, -0.1) is 0 Å². The highest BCUT2D eigenvalue weighted by atomic mass is 16.6. The van der Waals surface area contributed by atoms with Gasteiger partial charge < -0.3 is 14.6 Å². The maximum Gasteiger partial charge on any atom is 0.320 e. The molecular formula is C13H21N3O2. The lowest BCUT2D eigenvalue weighted by Gasteiger charge is -2.19. The smallest absolute Gasteiger partial charge is 0.320 e. The molecule has 0 amide bonds. The van der Waals surface area contributed by atoms with E-state index in [-0.39, 0.29) is 12.5 Å². The van der Waals surface area contributed by atoms with Gasteiger partial charge in [-0.25, -0.2) is 4.98 Å². The number of esters is 1. The van der Waals surface area contributed by atoms with Gasteiger partial charge in [0.1, 0.15) is 5.60 Å². The van der Waals surface area contributed by atoms with E-state index in [9.17, 15) is 4.79 Å². The number of nitrogens with one attached hydrogen (secondary N) is 1. The second-order valence-corrected chi connectivity index (χ2v) is 5.71. The van der Waals surface area contributed by atoms with Crippen molar-refractivity contribution >= 4 is 5.97 Å². The zero-order valence-corrected chi connectivity index (χ0v) is 11.3. The number of hydrogen-bond acceptors (Lipinski definition) is 4. The van der Waals surface area contributed by atoms with Crippen molar-refractivity contribution in [2.75, 3.05) is 6.54 Å². The third-order valence-corrected chi connectivity index (χ3v) is 2.68. The van der Waals surface area contributed by atoms with E-state index in [1.807, 2.05) is 33.3 Å². The van der Waals surface area contributed by atoms with Gasteiger partial charge in [0.15, 0.2) is 0 Å².